The molecule has 1 aliphatic carbocycles. The number of ketones is 1. The van der Waals surface area contributed by atoms with E-state index in [4.69, 9.17) is 4.74 Å². The Morgan fingerprint density at radius 2 is 1.89 bits per heavy atom. The van der Waals surface area contributed by atoms with Crippen LogP contribution in [0.1, 0.15) is 38.5 Å². The molecule has 1 saturated carbocycles. The summed E-state index contributed by atoms with van der Waals surface area (Å²) in [6.07, 6.45) is 5.94. The van der Waals surface area contributed by atoms with Crippen LogP contribution in [-0.2, 0) is 14.3 Å². The molecule has 18 heavy (non-hydrogen) atoms. The largest absolute Gasteiger partial charge is 0.381 e. The minimum Gasteiger partial charge on any atom is -0.381 e. The third-order valence-corrected chi connectivity index (χ3v) is 4.45. The number of nitrogens with zero attached hydrogens (tertiary/aromatic N) is 1. The molecule has 0 spiro atoms. The van der Waals surface area contributed by atoms with E-state index in [0.29, 0.717) is 25.0 Å². The maximum atomic E-state index is 12.0. The van der Waals surface area contributed by atoms with Gasteiger partial charge in [-0.15, -0.1) is 0 Å². The molecule has 2 fully saturated rings. The van der Waals surface area contributed by atoms with Crippen molar-refractivity contribution in [2.24, 2.45) is 11.8 Å². The lowest BCUT2D eigenvalue weighted by Gasteiger charge is -2.33. The van der Waals surface area contributed by atoms with E-state index >= 15 is 0 Å². The fourth-order valence-electron chi connectivity index (χ4n) is 3.13. The smallest absolute Gasteiger partial charge is 0.232 e. The molecule has 0 aromatic rings. The fourth-order valence-corrected chi connectivity index (χ4v) is 3.13. The summed E-state index contributed by atoms with van der Waals surface area (Å²) in [4.78, 5) is 25.6. The first-order chi connectivity index (χ1) is 8.61. The number of carbonyl (C=O) groups excluding carboxylic acids is 2. The molecule has 1 aliphatic heterocycles. The summed E-state index contributed by atoms with van der Waals surface area (Å²) in [6.45, 7) is 0.588. The van der Waals surface area contributed by atoms with Crippen molar-refractivity contribution in [2.75, 3.05) is 20.7 Å². The third-order valence-electron chi connectivity index (χ3n) is 4.45. The number of carbonyl (C=O) groups is 2. The van der Waals surface area contributed by atoms with Crippen LogP contribution in [0.5, 0.6) is 0 Å². The summed E-state index contributed by atoms with van der Waals surface area (Å²) in [7, 11) is 3.55. The Bertz CT molecular complexity index is 321. The first-order valence-corrected chi connectivity index (χ1v) is 6.92. The van der Waals surface area contributed by atoms with Crippen molar-refractivity contribution in [3.63, 3.8) is 0 Å². The summed E-state index contributed by atoms with van der Waals surface area (Å²) in [5.41, 5.74) is 0. The second kappa shape index (κ2) is 5.83. The van der Waals surface area contributed by atoms with Crippen molar-refractivity contribution in [3.8, 4) is 0 Å². The lowest BCUT2D eigenvalue weighted by atomic mass is 9.79. The number of rotatable bonds is 3. The second-order valence-corrected chi connectivity index (χ2v) is 5.64. The number of piperidine rings is 1. The van der Waals surface area contributed by atoms with Crippen LogP contribution in [0.3, 0.4) is 0 Å². The van der Waals surface area contributed by atoms with Crippen LogP contribution in [-0.4, -0.2) is 43.4 Å². The first-order valence-electron chi connectivity index (χ1n) is 6.92. The molecule has 0 aromatic heterocycles. The van der Waals surface area contributed by atoms with Gasteiger partial charge in [0.25, 0.3) is 0 Å². The van der Waals surface area contributed by atoms with Gasteiger partial charge in [-0.3, -0.25) is 9.59 Å². The molecule has 1 amide bonds. The summed E-state index contributed by atoms with van der Waals surface area (Å²) in [5, 5.41) is 0. The number of likely N-dealkylation sites (tertiary alicyclic amines) is 1. The molecule has 0 aromatic carbocycles. The standard InChI is InChI=1S/C14H23NO3/c1-15-8-7-13(16)12(14(15)17)9-10-3-5-11(18-2)6-4-10/h10-12H,3-9H2,1-2H3. The number of amides is 1. The molecule has 1 heterocycles. The van der Waals surface area contributed by atoms with Gasteiger partial charge in [-0.1, -0.05) is 0 Å². The normalized spacial score (nSPS) is 33.9. The van der Waals surface area contributed by atoms with Crippen LogP contribution in [0.15, 0.2) is 0 Å². The van der Waals surface area contributed by atoms with Crippen LogP contribution in [0, 0.1) is 11.8 Å². The molecular weight excluding hydrogens is 230 g/mol. The van der Waals surface area contributed by atoms with E-state index in [-0.39, 0.29) is 17.6 Å². The van der Waals surface area contributed by atoms with Gasteiger partial charge in [0.15, 0.2) is 0 Å². The molecule has 2 rings (SSSR count). The van der Waals surface area contributed by atoms with E-state index in [2.05, 4.69) is 0 Å². The van der Waals surface area contributed by atoms with E-state index < -0.39 is 0 Å². The Kier molecular flexibility index (Phi) is 4.38. The molecule has 0 radical (unpaired) electrons. The van der Waals surface area contributed by atoms with Gasteiger partial charge >= 0.3 is 0 Å². The topological polar surface area (TPSA) is 46.6 Å². The Morgan fingerprint density at radius 3 is 2.50 bits per heavy atom. The van der Waals surface area contributed by atoms with Crippen LogP contribution < -0.4 is 0 Å². The number of hydrogen-bond donors (Lipinski definition) is 0. The molecule has 1 atom stereocenters. The first kappa shape index (κ1) is 13.5. The van der Waals surface area contributed by atoms with Crippen molar-refractivity contribution in [2.45, 2.75) is 44.6 Å². The van der Waals surface area contributed by atoms with Crippen LogP contribution in [0.25, 0.3) is 0 Å². The van der Waals surface area contributed by atoms with Gasteiger partial charge < -0.3 is 9.64 Å². The van der Waals surface area contributed by atoms with Crippen molar-refractivity contribution in [1.29, 1.82) is 0 Å². The Balaban J connectivity index is 1.88. The molecule has 1 unspecified atom stereocenters. The average Bonchev–Trinajstić information content (AvgIpc) is 2.40. The highest BCUT2D eigenvalue weighted by Crippen LogP contribution is 2.32. The van der Waals surface area contributed by atoms with Gasteiger partial charge in [0.05, 0.1) is 12.0 Å². The zero-order valence-corrected chi connectivity index (χ0v) is 11.4. The van der Waals surface area contributed by atoms with Gasteiger partial charge in [-0.25, -0.2) is 0 Å². The highest BCUT2D eigenvalue weighted by Gasteiger charge is 2.36. The van der Waals surface area contributed by atoms with Gasteiger partial charge in [-0.05, 0) is 38.0 Å². The van der Waals surface area contributed by atoms with Crippen LogP contribution >= 0.6 is 0 Å². The molecule has 0 bridgehead atoms. The monoisotopic (exact) mass is 253 g/mol. The molecule has 4 heteroatoms. The average molecular weight is 253 g/mol. The zero-order valence-electron chi connectivity index (χ0n) is 11.4. The molecular formula is C14H23NO3. The van der Waals surface area contributed by atoms with Gasteiger partial charge in [0, 0.05) is 27.1 Å². The number of ether oxygens (including phenoxy) is 1. The highest BCUT2D eigenvalue weighted by molar-refractivity contribution is 6.03. The third kappa shape index (κ3) is 2.91. The Hall–Kier alpha value is -0.900. The van der Waals surface area contributed by atoms with Crippen molar-refractivity contribution in [1.82, 2.24) is 4.90 Å². The van der Waals surface area contributed by atoms with Gasteiger partial charge in [0.1, 0.15) is 5.78 Å². The molecule has 0 N–H and O–H groups in total. The number of methoxy groups -OCH3 is 1. The van der Waals surface area contributed by atoms with Gasteiger partial charge in [-0.2, -0.15) is 0 Å². The maximum Gasteiger partial charge on any atom is 0.232 e. The molecule has 1 saturated heterocycles. The fraction of sp³-hybridized carbons (Fsp3) is 0.857. The zero-order chi connectivity index (χ0) is 13.1. The minimum absolute atomic E-state index is 0.0279. The lowest BCUT2D eigenvalue weighted by molar-refractivity contribution is -0.145. The molecule has 102 valence electrons. The second-order valence-electron chi connectivity index (χ2n) is 5.64. The summed E-state index contributed by atoms with van der Waals surface area (Å²) >= 11 is 0. The van der Waals surface area contributed by atoms with E-state index in [0.717, 1.165) is 32.1 Å². The van der Waals surface area contributed by atoms with E-state index in [1.54, 1.807) is 19.1 Å². The number of hydrogen-bond acceptors (Lipinski definition) is 3. The van der Waals surface area contributed by atoms with Crippen molar-refractivity contribution >= 4 is 11.7 Å². The van der Waals surface area contributed by atoms with E-state index in [9.17, 15) is 9.59 Å². The maximum absolute atomic E-state index is 12.0. The molecule has 2 aliphatic rings. The van der Waals surface area contributed by atoms with Crippen molar-refractivity contribution in [3.05, 3.63) is 0 Å². The SMILES string of the molecule is COC1CCC(CC2C(=O)CCN(C)C2=O)CC1. The lowest BCUT2D eigenvalue weighted by Crippen LogP contribution is -2.44. The van der Waals surface area contributed by atoms with E-state index in [1.807, 2.05) is 0 Å². The van der Waals surface area contributed by atoms with Crippen LogP contribution in [0.4, 0.5) is 0 Å². The molecule has 4 nitrogen and oxygen atoms in total. The van der Waals surface area contributed by atoms with Crippen LogP contribution in [0.2, 0.25) is 0 Å². The quantitative estimate of drug-likeness (QED) is 0.718. The summed E-state index contributed by atoms with van der Waals surface area (Å²) in [5.74, 6) is 0.320. The summed E-state index contributed by atoms with van der Waals surface area (Å²) < 4.78 is 5.35. The van der Waals surface area contributed by atoms with Crippen molar-refractivity contribution < 1.29 is 14.3 Å². The minimum atomic E-state index is -0.368. The Labute approximate surface area is 109 Å². The number of Topliss-reactive ketones (excluding diaryl/α,β-unsaturated/α-hetero) is 1. The van der Waals surface area contributed by atoms with E-state index in [1.165, 1.54) is 0 Å². The highest BCUT2D eigenvalue weighted by atomic mass is 16.5. The summed E-state index contributed by atoms with van der Waals surface area (Å²) in [6, 6.07) is 0. The predicted molar refractivity (Wildman–Crippen MR) is 68.1 cm³/mol. The Morgan fingerprint density at radius 1 is 1.22 bits per heavy atom. The van der Waals surface area contributed by atoms with Gasteiger partial charge in [0.2, 0.25) is 5.91 Å². The predicted octanol–water partition coefficient (Wildman–Crippen LogP) is 1.63.